The highest BCUT2D eigenvalue weighted by Gasteiger charge is 2.04. The van der Waals surface area contributed by atoms with E-state index in [2.05, 4.69) is 17.1 Å². The fourth-order valence-electron chi connectivity index (χ4n) is 0.991. The lowest BCUT2D eigenvalue weighted by Crippen LogP contribution is -2.33. The van der Waals surface area contributed by atoms with E-state index >= 15 is 0 Å². The number of benzene rings is 1. The summed E-state index contributed by atoms with van der Waals surface area (Å²) in [5.41, 5.74) is 1.20. The maximum absolute atomic E-state index is 5.79. The summed E-state index contributed by atoms with van der Waals surface area (Å²) in [4.78, 5) is 2.08. The molecule has 77 valence electrons. The Morgan fingerprint density at radius 1 is 1.29 bits per heavy atom. The largest absolute Gasteiger partial charge is 0.293 e. The van der Waals surface area contributed by atoms with Gasteiger partial charge in [-0.15, -0.1) is 0 Å². The molecule has 0 heterocycles. The summed E-state index contributed by atoms with van der Waals surface area (Å²) in [5, 5.41) is 5.28. The zero-order valence-electron chi connectivity index (χ0n) is 8.87. The van der Waals surface area contributed by atoms with Crippen LogP contribution in [0.2, 0.25) is 5.02 Å². The molecule has 1 aromatic rings. The quantitative estimate of drug-likeness (QED) is 0.748. The van der Waals surface area contributed by atoms with Gasteiger partial charge < -0.3 is 0 Å². The SMILES string of the molecule is CC([N]Cc1ccc(Cl)cc1)N(C)C. The fourth-order valence-corrected chi connectivity index (χ4v) is 1.12. The molecule has 1 aromatic carbocycles. The Hall–Kier alpha value is -0.570. The Balaban J connectivity index is 2.42. The van der Waals surface area contributed by atoms with Gasteiger partial charge in [0, 0.05) is 11.6 Å². The summed E-state index contributed by atoms with van der Waals surface area (Å²) in [7, 11) is 4.05. The molecule has 0 aliphatic carbocycles. The first kappa shape index (κ1) is 11.5. The third-order valence-electron chi connectivity index (χ3n) is 2.20. The van der Waals surface area contributed by atoms with Gasteiger partial charge in [-0.3, -0.25) is 4.90 Å². The van der Waals surface area contributed by atoms with Crippen molar-refractivity contribution in [3.8, 4) is 0 Å². The van der Waals surface area contributed by atoms with E-state index in [1.54, 1.807) is 0 Å². The van der Waals surface area contributed by atoms with Crippen LogP contribution in [0.1, 0.15) is 12.5 Å². The maximum Gasteiger partial charge on any atom is 0.0731 e. The molecule has 0 spiro atoms. The van der Waals surface area contributed by atoms with Crippen LogP contribution in [0.3, 0.4) is 0 Å². The highest BCUT2D eigenvalue weighted by molar-refractivity contribution is 6.30. The van der Waals surface area contributed by atoms with Crippen LogP contribution >= 0.6 is 11.6 Å². The van der Waals surface area contributed by atoms with Gasteiger partial charge in [0.25, 0.3) is 0 Å². The van der Waals surface area contributed by atoms with Crippen molar-refractivity contribution < 1.29 is 0 Å². The highest BCUT2D eigenvalue weighted by atomic mass is 35.5. The Bertz CT molecular complexity index is 269. The maximum atomic E-state index is 5.79. The van der Waals surface area contributed by atoms with Crippen LogP contribution < -0.4 is 5.32 Å². The molecule has 0 N–H and O–H groups in total. The summed E-state index contributed by atoms with van der Waals surface area (Å²) < 4.78 is 0. The molecule has 0 aliphatic rings. The minimum atomic E-state index is 0.255. The molecule has 0 saturated heterocycles. The molecule has 14 heavy (non-hydrogen) atoms. The normalized spacial score (nSPS) is 13.2. The van der Waals surface area contributed by atoms with Crippen LogP contribution in [0, 0.1) is 0 Å². The van der Waals surface area contributed by atoms with E-state index < -0.39 is 0 Å². The van der Waals surface area contributed by atoms with Crippen LogP contribution in [0.25, 0.3) is 0 Å². The molecule has 1 unspecified atom stereocenters. The predicted molar refractivity (Wildman–Crippen MR) is 60.4 cm³/mol. The minimum absolute atomic E-state index is 0.255. The lowest BCUT2D eigenvalue weighted by Gasteiger charge is -2.19. The molecule has 0 amide bonds. The van der Waals surface area contributed by atoms with Crippen molar-refractivity contribution in [3.63, 3.8) is 0 Å². The van der Waals surface area contributed by atoms with Crippen molar-refractivity contribution in [2.45, 2.75) is 19.6 Å². The average Bonchev–Trinajstić information content (AvgIpc) is 2.16. The second kappa shape index (κ2) is 5.35. The van der Waals surface area contributed by atoms with Gasteiger partial charge in [0.15, 0.2) is 0 Å². The van der Waals surface area contributed by atoms with Crippen LogP contribution in [-0.2, 0) is 6.54 Å². The Morgan fingerprint density at radius 3 is 2.36 bits per heavy atom. The van der Waals surface area contributed by atoms with Crippen molar-refractivity contribution in [3.05, 3.63) is 34.9 Å². The highest BCUT2D eigenvalue weighted by Crippen LogP contribution is 2.09. The fraction of sp³-hybridized carbons (Fsp3) is 0.455. The van der Waals surface area contributed by atoms with Crippen LogP contribution in [0.5, 0.6) is 0 Å². The summed E-state index contributed by atoms with van der Waals surface area (Å²) >= 11 is 5.79. The summed E-state index contributed by atoms with van der Waals surface area (Å²) in [6.07, 6.45) is 0.255. The molecule has 0 aliphatic heterocycles. The monoisotopic (exact) mass is 211 g/mol. The van der Waals surface area contributed by atoms with E-state index in [0.29, 0.717) is 0 Å². The topological polar surface area (TPSA) is 17.3 Å². The van der Waals surface area contributed by atoms with Gasteiger partial charge in [0.1, 0.15) is 0 Å². The number of nitrogens with zero attached hydrogens (tertiary/aromatic N) is 2. The molecule has 1 radical (unpaired) electrons. The summed E-state index contributed by atoms with van der Waals surface area (Å²) in [5.74, 6) is 0. The molecule has 1 atom stereocenters. The van der Waals surface area contributed by atoms with E-state index in [1.165, 1.54) is 5.56 Å². The number of hydrogen-bond donors (Lipinski definition) is 0. The lowest BCUT2D eigenvalue weighted by atomic mass is 10.2. The van der Waals surface area contributed by atoms with Gasteiger partial charge in [-0.2, -0.15) is 0 Å². The van der Waals surface area contributed by atoms with E-state index in [-0.39, 0.29) is 6.17 Å². The molecule has 0 bridgehead atoms. The number of halogens is 1. The Kier molecular flexibility index (Phi) is 4.39. The lowest BCUT2D eigenvalue weighted by molar-refractivity contribution is 0.259. The number of hydrogen-bond acceptors (Lipinski definition) is 1. The third kappa shape index (κ3) is 3.66. The van der Waals surface area contributed by atoms with Crippen LogP contribution in [0.15, 0.2) is 24.3 Å². The van der Waals surface area contributed by atoms with Gasteiger partial charge >= 0.3 is 0 Å². The predicted octanol–water partition coefficient (Wildman–Crippen LogP) is 2.35. The first-order valence-electron chi connectivity index (χ1n) is 4.67. The standard InChI is InChI=1S/C11H16ClN2/c1-9(14(2)3)13-8-10-4-6-11(12)7-5-10/h4-7,9H,8H2,1-3H3. The molecule has 2 nitrogen and oxygen atoms in total. The van der Waals surface area contributed by atoms with E-state index in [1.807, 2.05) is 38.4 Å². The third-order valence-corrected chi connectivity index (χ3v) is 2.45. The van der Waals surface area contributed by atoms with E-state index in [0.717, 1.165) is 11.6 Å². The average molecular weight is 212 g/mol. The first-order chi connectivity index (χ1) is 6.59. The van der Waals surface area contributed by atoms with E-state index in [4.69, 9.17) is 11.6 Å². The van der Waals surface area contributed by atoms with E-state index in [9.17, 15) is 0 Å². The van der Waals surface area contributed by atoms with Crippen LogP contribution in [-0.4, -0.2) is 25.2 Å². The second-order valence-electron chi connectivity index (χ2n) is 3.56. The molecular formula is C11H16ClN2. The first-order valence-corrected chi connectivity index (χ1v) is 5.05. The van der Waals surface area contributed by atoms with Gasteiger partial charge in [0.2, 0.25) is 0 Å². The van der Waals surface area contributed by atoms with Crippen molar-refractivity contribution in [2.75, 3.05) is 14.1 Å². The summed E-state index contributed by atoms with van der Waals surface area (Å²) in [6, 6.07) is 7.81. The van der Waals surface area contributed by atoms with Gasteiger partial charge in [-0.1, -0.05) is 23.7 Å². The van der Waals surface area contributed by atoms with Crippen molar-refractivity contribution in [1.82, 2.24) is 10.2 Å². The van der Waals surface area contributed by atoms with Crippen molar-refractivity contribution in [1.29, 1.82) is 0 Å². The molecule has 0 aromatic heterocycles. The summed E-state index contributed by atoms with van der Waals surface area (Å²) in [6.45, 7) is 2.83. The molecule has 3 heteroatoms. The Morgan fingerprint density at radius 2 is 1.86 bits per heavy atom. The number of rotatable bonds is 4. The van der Waals surface area contributed by atoms with Gasteiger partial charge in [-0.05, 0) is 38.7 Å². The molecule has 1 rings (SSSR count). The Labute approximate surface area is 90.9 Å². The smallest absolute Gasteiger partial charge is 0.0731 e. The zero-order chi connectivity index (χ0) is 10.6. The molecule has 0 saturated carbocycles. The van der Waals surface area contributed by atoms with Gasteiger partial charge in [-0.25, -0.2) is 5.32 Å². The molecular weight excluding hydrogens is 196 g/mol. The zero-order valence-corrected chi connectivity index (χ0v) is 9.62. The molecule has 0 fully saturated rings. The minimum Gasteiger partial charge on any atom is -0.293 e. The second-order valence-corrected chi connectivity index (χ2v) is 4.00. The van der Waals surface area contributed by atoms with Gasteiger partial charge in [0.05, 0.1) is 6.17 Å². The van der Waals surface area contributed by atoms with Crippen molar-refractivity contribution >= 4 is 11.6 Å². The van der Waals surface area contributed by atoms with Crippen LogP contribution in [0.4, 0.5) is 0 Å². The van der Waals surface area contributed by atoms with Crippen molar-refractivity contribution in [2.24, 2.45) is 0 Å².